The zero-order valence-electron chi connectivity index (χ0n) is 15.6. The molecule has 6 heteroatoms. The molecule has 3 rings (SSSR count). The highest BCUT2D eigenvalue weighted by molar-refractivity contribution is 5.74. The number of rotatable bonds is 7. The Bertz CT molecular complexity index is 898. The summed E-state index contributed by atoms with van der Waals surface area (Å²) in [6.45, 7) is 2.22. The molecule has 6 nitrogen and oxygen atoms in total. The van der Waals surface area contributed by atoms with Crippen LogP contribution in [0.5, 0.6) is 11.5 Å². The fourth-order valence-corrected chi connectivity index (χ4v) is 2.76. The molecule has 1 aromatic heterocycles. The number of carbonyl (C=O) groups is 1. The molecule has 0 radical (unpaired) electrons. The molecule has 0 fully saturated rings. The number of hydrogen-bond acceptors (Lipinski definition) is 4. The molecule has 0 aliphatic rings. The van der Waals surface area contributed by atoms with Gasteiger partial charge in [0.2, 0.25) is 0 Å². The third-order valence-corrected chi connectivity index (χ3v) is 4.33. The fraction of sp³-hybridized carbons (Fsp3) is 0.182. The zero-order chi connectivity index (χ0) is 19.8. The maximum Gasteiger partial charge on any atom is 0.315 e. The van der Waals surface area contributed by atoms with Crippen LogP contribution < -0.4 is 15.4 Å². The minimum Gasteiger partial charge on any atom is -0.456 e. The molecule has 1 atom stereocenters. The standard InChI is InChI=1S/C22H23N3O3/c1-16(25-22(27)24-13-18-5-2-3-6-19(18)15-26)17-8-10-20(11-9-17)28-21-7-4-12-23-14-21/h2-12,14,16,26H,13,15H2,1H3,(H2,24,25,27). The van der Waals surface area contributed by atoms with E-state index in [1.807, 2.05) is 67.6 Å². The maximum atomic E-state index is 12.2. The van der Waals surface area contributed by atoms with Crippen LogP contribution in [0.2, 0.25) is 0 Å². The molecule has 144 valence electrons. The number of amides is 2. The van der Waals surface area contributed by atoms with Crippen molar-refractivity contribution in [3.63, 3.8) is 0 Å². The van der Waals surface area contributed by atoms with Gasteiger partial charge in [-0.15, -0.1) is 0 Å². The summed E-state index contributed by atoms with van der Waals surface area (Å²) < 4.78 is 5.72. The summed E-state index contributed by atoms with van der Waals surface area (Å²) in [6.07, 6.45) is 3.34. The molecule has 1 heterocycles. The largest absolute Gasteiger partial charge is 0.456 e. The van der Waals surface area contributed by atoms with Crippen LogP contribution in [0.4, 0.5) is 4.79 Å². The Hall–Kier alpha value is -3.38. The summed E-state index contributed by atoms with van der Waals surface area (Å²) in [5, 5.41) is 15.1. The molecule has 3 N–H and O–H groups in total. The van der Waals surface area contributed by atoms with Crippen LogP contribution in [0.3, 0.4) is 0 Å². The molecule has 28 heavy (non-hydrogen) atoms. The van der Waals surface area contributed by atoms with Gasteiger partial charge in [-0.25, -0.2) is 4.79 Å². The minimum atomic E-state index is -0.268. The molecule has 1 unspecified atom stereocenters. The SMILES string of the molecule is CC(NC(=O)NCc1ccccc1CO)c1ccc(Oc2cccnc2)cc1. The molecule has 3 aromatic rings. The summed E-state index contributed by atoms with van der Waals surface area (Å²) in [5.74, 6) is 1.37. The molecule has 0 aliphatic heterocycles. The smallest absolute Gasteiger partial charge is 0.315 e. The Morgan fingerprint density at radius 2 is 1.79 bits per heavy atom. The van der Waals surface area contributed by atoms with E-state index in [0.717, 1.165) is 16.7 Å². The molecule has 2 amide bonds. The number of benzene rings is 2. The summed E-state index contributed by atoms with van der Waals surface area (Å²) >= 11 is 0. The topological polar surface area (TPSA) is 83.5 Å². The quantitative estimate of drug-likeness (QED) is 0.583. The van der Waals surface area contributed by atoms with E-state index in [2.05, 4.69) is 15.6 Å². The van der Waals surface area contributed by atoms with Crippen molar-refractivity contribution in [1.29, 1.82) is 0 Å². The third kappa shape index (κ3) is 5.31. The van der Waals surface area contributed by atoms with Crippen LogP contribution in [-0.2, 0) is 13.2 Å². The number of aliphatic hydroxyl groups is 1. The summed E-state index contributed by atoms with van der Waals surface area (Å²) in [4.78, 5) is 16.2. The van der Waals surface area contributed by atoms with Gasteiger partial charge in [0, 0.05) is 12.7 Å². The molecular weight excluding hydrogens is 354 g/mol. The zero-order valence-corrected chi connectivity index (χ0v) is 15.6. The minimum absolute atomic E-state index is 0.0522. The van der Waals surface area contributed by atoms with Gasteiger partial charge in [0.05, 0.1) is 18.8 Å². The van der Waals surface area contributed by atoms with Gasteiger partial charge in [-0.05, 0) is 47.9 Å². The Labute approximate surface area is 164 Å². The van der Waals surface area contributed by atoms with E-state index in [1.54, 1.807) is 12.4 Å². The monoisotopic (exact) mass is 377 g/mol. The second kappa shape index (κ2) is 9.53. The summed E-state index contributed by atoms with van der Waals surface area (Å²) in [5.41, 5.74) is 2.66. The number of pyridine rings is 1. The Morgan fingerprint density at radius 3 is 2.46 bits per heavy atom. The van der Waals surface area contributed by atoms with Crippen LogP contribution in [0.25, 0.3) is 0 Å². The van der Waals surface area contributed by atoms with Gasteiger partial charge in [-0.1, -0.05) is 36.4 Å². The Morgan fingerprint density at radius 1 is 1.04 bits per heavy atom. The van der Waals surface area contributed by atoms with Crippen LogP contribution in [0.1, 0.15) is 29.7 Å². The second-order valence-electron chi connectivity index (χ2n) is 6.34. The summed E-state index contributed by atoms with van der Waals surface area (Å²) in [6, 6.07) is 18.2. The van der Waals surface area contributed by atoms with E-state index in [9.17, 15) is 9.90 Å². The van der Waals surface area contributed by atoms with Crippen molar-refractivity contribution in [2.75, 3.05) is 0 Å². The third-order valence-electron chi connectivity index (χ3n) is 4.33. The van der Waals surface area contributed by atoms with Crippen molar-refractivity contribution < 1.29 is 14.6 Å². The number of aromatic nitrogens is 1. The number of nitrogens with zero attached hydrogens (tertiary/aromatic N) is 1. The fourth-order valence-electron chi connectivity index (χ4n) is 2.76. The van der Waals surface area contributed by atoms with Crippen molar-refractivity contribution in [1.82, 2.24) is 15.6 Å². The van der Waals surface area contributed by atoms with Crippen molar-refractivity contribution in [2.45, 2.75) is 26.1 Å². The molecule has 0 spiro atoms. The van der Waals surface area contributed by atoms with E-state index in [1.165, 1.54) is 0 Å². The number of urea groups is 1. The van der Waals surface area contributed by atoms with E-state index < -0.39 is 0 Å². The lowest BCUT2D eigenvalue weighted by Gasteiger charge is -2.16. The first-order chi connectivity index (χ1) is 13.7. The number of ether oxygens (including phenoxy) is 1. The first-order valence-corrected chi connectivity index (χ1v) is 9.05. The van der Waals surface area contributed by atoms with E-state index in [0.29, 0.717) is 18.0 Å². The van der Waals surface area contributed by atoms with E-state index in [4.69, 9.17) is 4.74 Å². The number of nitrogens with one attached hydrogen (secondary N) is 2. The lowest BCUT2D eigenvalue weighted by molar-refractivity contribution is 0.237. The van der Waals surface area contributed by atoms with Crippen LogP contribution >= 0.6 is 0 Å². The summed E-state index contributed by atoms with van der Waals surface area (Å²) in [7, 11) is 0. The van der Waals surface area contributed by atoms with Crippen molar-refractivity contribution >= 4 is 6.03 Å². The van der Waals surface area contributed by atoms with Gasteiger partial charge in [0.15, 0.2) is 0 Å². The molecular formula is C22H23N3O3. The van der Waals surface area contributed by atoms with Gasteiger partial charge >= 0.3 is 6.03 Å². The lowest BCUT2D eigenvalue weighted by Crippen LogP contribution is -2.36. The van der Waals surface area contributed by atoms with E-state index in [-0.39, 0.29) is 18.7 Å². The maximum absolute atomic E-state index is 12.2. The van der Waals surface area contributed by atoms with Crippen molar-refractivity contribution in [2.24, 2.45) is 0 Å². The number of hydrogen-bond donors (Lipinski definition) is 3. The average Bonchev–Trinajstić information content (AvgIpc) is 2.73. The van der Waals surface area contributed by atoms with Gasteiger partial charge in [0.1, 0.15) is 11.5 Å². The normalized spacial score (nSPS) is 11.5. The van der Waals surface area contributed by atoms with Crippen LogP contribution in [-0.4, -0.2) is 16.1 Å². The number of aliphatic hydroxyl groups excluding tert-OH is 1. The first kappa shape index (κ1) is 19.4. The molecule has 0 saturated heterocycles. The lowest BCUT2D eigenvalue weighted by atomic mass is 10.1. The van der Waals surface area contributed by atoms with Gasteiger partial charge in [0.25, 0.3) is 0 Å². The van der Waals surface area contributed by atoms with E-state index >= 15 is 0 Å². The molecule has 0 bridgehead atoms. The highest BCUT2D eigenvalue weighted by Gasteiger charge is 2.10. The molecule has 0 aliphatic carbocycles. The predicted molar refractivity (Wildman–Crippen MR) is 107 cm³/mol. The molecule has 2 aromatic carbocycles. The second-order valence-corrected chi connectivity index (χ2v) is 6.34. The van der Waals surface area contributed by atoms with Crippen LogP contribution in [0, 0.1) is 0 Å². The highest BCUT2D eigenvalue weighted by atomic mass is 16.5. The Balaban J connectivity index is 1.52. The average molecular weight is 377 g/mol. The van der Waals surface area contributed by atoms with Gasteiger partial charge in [-0.2, -0.15) is 0 Å². The molecule has 0 saturated carbocycles. The van der Waals surface area contributed by atoms with Gasteiger partial charge < -0.3 is 20.5 Å². The number of carbonyl (C=O) groups excluding carboxylic acids is 1. The first-order valence-electron chi connectivity index (χ1n) is 9.05. The van der Waals surface area contributed by atoms with Gasteiger partial charge in [-0.3, -0.25) is 4.98 Å². The predicted octanol–water partition coefficient (Wildman–Crippen LogP) is 3.93. The van der Waals surface area contributed by atoms with Crippen molar-refractivity contribution in [3.05, 3.63) is 89.7 Å². The van der Waals surface area contributed by atoms with Crippen molar-refractivity contribution in [3.8, 4) is 11.5 Å². The van der Waals surface area contributed by atoms with Crippen LogP contribution in [0.15, 0.2) is 73.1 Å². The Kier molecular flexibility index (Phi) is 6.59. The highest BCUT2D eigenvalue weighted by Crippen LogP contribution is 2.22.